The highest BCUT2D eigenvalue weighted by Crippen LogP contribution is 2.30. The van der Waals surface area contributed by atoms with E-state index in [1.54, 1.807) is 32.4 Å². The molecule has 1 aromatic rings. The van der Waals surface area contributed by atoms with Crippen LogP contribution in [0.4, 0.5) is 4.39 Å². The third-order valence-corrected chi connectivity index (χ3v) is 3.12. The van der Waals surface area contributed by atoms with Gasteiger partial charge in [0.2, 0.25) is 0 Å². The van der Waals surface area contributed by atoms with Crippen LogP contribution in [0, 0.1) is 11.7 Å². The van der Waals surface area contributed by atoms with Gasteiger partial charge in [0.25, 0.3) is 0 Å². The predicted molar refractivity (Wildman–Crippen MR) is 70.4 cm³/mol. The number of hydrogen-bond donors (Lipinski definition) is 1. The van der Waals surface area contributed by atoms with Crippen LogP contribution in [0.15, 0.2) is 18.2 Å². The maximum Gasteiger partial charge on any atom is 0.169 e. The Kier molecular flexibility index (Phi) is 5.56. The molecule has 0 bridgehead atoms. The van der Waals surface area contributed by atoms with Gasteiger partial charge in [-0.2, -0.15) is 0 Å². The molecule has 0 amide bonds. The number of halogens is 1. The SMILES string of the molecule is CNC(c1cccc(OC)c1F)C(OC)C(C)C. The number of hydrogen-bond acceptors (Lipinski definition) is 3. The molecular weight excluding hydrogens is 233 g/mol. The first-order valence-electron chi connectivity index (χ1n) is 6.09. The van der Waals surface area contributed by atoms with Gasteiger partial charge >= 0.3 is 0 Å². The maximum atomic E-state index is 14.2. The molecule has 0 fully saturated rings. The van der Waals surface area contributed by atoms with E-state index in [0.717, 1.165) is 0 Å². The van der Waals surface area contributed by atoms with Crippen molar-refractivity contribution in [2.24, 2.45) is 5.92 Å². The molecule has 0 radical (unpaired) electrons. The summed E-state index contributed by atoms with van der Waals surface area (Å²) in [5.74, 6) is 0.200. The van der Waals surface area contributed by atoms with Crippen LogP contribution in [-0.2, 0) is 4.74 Å². The highest BCUT2D eigenvalue weighted by Gasteiger charge is 2.27. The van der Waals surface area contributed by atoms with Gasteiger partial charge in [-0.05, 0) is 19.0 Å². The standard InChI is InChI=1S/C14H22FNO2/c1-9(2)14(18-5)13(16-3)10-7-6-8-11(17-4)12(10)15/h6-9,13-14,16H,1-5H3. The third kappa shape index (κ3) is 3.00. The zero-order chi connectivity index (χ0) is 13.7. The lowest BCUT2D eigenvalue weighted by molar-refractivity contribution is 0.0337. The molecule has 0 aliphatic rings. The van der Waals surface area contributed by atoms with Crippen molar-refractivity contribution in [3.05, 3.63) is 29.6 Å². The first-order valence-corrected chi connectivity index (χ1v) is 6.09. The number of likely N-dealkylation sites (N-methyl/N-ethyl adjacent to an activating group) is 1. The van der Waals surface area contributed by atoms with Crippen LogP contribution < -0.4 is 10.1 Å². The molecule has 0 saturated carbocycles. The summed E-state index contributed by atoms with van der Waals surface area (Å²) in [6.45, 7) is 4.10. The smallest absolute Gasteiger partial charge is 0.169 e. The Morgan fingerprint density at radius 2 is 1.89 bits per heavy atom. The molecule has 2 unspecified atom stereocenters. The molecule has 102 valence electrons. The summed E-state index contributed by atoms with van der Waals surface area (Å²) in [6, 6.07) is 4.95. The Hall–Kier alpha value is -1.13. The second-order valence-corrected chi connectivity index (χ2v) is 4.57. The fourth-order valence-corrected chi connectivity index (χ4v) is 2.22. The van der Waals surface area contributed by atoms with Gasteiger partial charge in [-0.15, -0.1) is 0 Å². The van der Waals surface area contributed by atoms with Gasteiger partial charge in [0, 0.05) is 12.7 Å². The van der Waals surface area contributed by atoms with E-state index in [4.69, 9.17) is 9.47 Å². The van der Waals surface area contributed by atoms with Crippen LogP contribution in [0.2, 0.25) is 0 Å². The Morgan fingerprint density at radius 1 is 1.22 bits per heavy atom. The van der Waals surface area contributed by atoms with E-state index in [1.807, 2.05) is 0 Å². The lowest BCUT2D eigenvalue weighted by atomic mass is 9.93. The van der Waals surface area contributed by atoms with Gasteiger partial charge in [-0.1, -0.05) is 26.0 Å². The molecule has 0 aromatic heterocycles. The minimum Gasteiger partial charge on any atom is -0.494 e. The van der Waals surface area contributed by atoms with Crippen molar-refractivity contribution in [1.82, 2.24) is 5.32 Å². The summed E-state index contributed by atoms with van der Waals surface area (Å²) in [7, 11) is 4.91. The first kappa shape index (κ1) is 14.9. The Balaban J connectivity index is 3.16. The first-order chi connectivity index (χ1) is 8.56. The van der Waals surface area contributed by atoms with E-state index < -0.39 is 0 Å². The molecule has 1 aromatic carbocycles. The molecular formula is C14H22FNO2. The van der Waals surface area contributed by atoms with Crippen molar-refractivity contribution in [2.75, 3.05) is 21.3 Å². The molecule has 3 nitrogen and oxygen atoms in total. The summed E-state index contributed by atoms with van der Waals surface area (Å²) < 4.78 is 24.7. The molecule has 0 aliphatic heterocycles. The number of benzene rings is 1. The van der Waals surface area contributed by atoms with Crippen molar-refractivity contribution in [1.29, 1.82) is 0 Å². The van der Waals surface area contributed by atoms with Crippen molar-refractivity contribution in [2.45, 2.75) is 26.0 Å². The molecule has 2 atom stereocenters. The van der Waals surface area contributed by atoms with E-state index in [0.29, 0.717) is 5.56 Å². The van der Waals surface area contributed by atoms with Gasteiger partial charge in [0.05, 0.1) is 19.3 Å². The molecule has 4 heteroatoms. The maximum absolute atomic E-state index is 14.2. The third-order valence-electron chi connectivity index (χ3n) is 3.12. The van der Waals surface area contributed by atoms with Gasteiger partial charge in [-0.3, -0.25) is 0 Å². The second-order valence-electron chi connectivity index (χ2n) is 4.57. The topological polar surface area (TPSA) is 30.5 Å². The summed E-state index contributed by atoms with van der Waals surface area (Å²) in [5, 5.41) is 3.12. The second kappa shape index (κ2) is 6.71. The predicted octanol–water partition coefficient (Wildman–Crippen LogP) is 2.77. The molecule has 18 heavy (non-hydrogen) atoms. The van der Waals surface area contributed by atoms with E-state index in [1.165, 1.54) is 7.11 Å². The molecule has 1 N–H and O–H groups in total. The van der Waals surface area contributed by atoms with Crippen LogP contribution in [0.3, 0.4) is 0 Å². The van der Waals surface area contributed by atoms with Crippen LogP contribution in [-0.4, -0.2) is 27.4 Å². The van der Waals surface area contributed by atoms with Crippen LogP contribution in [0.5, 0.6) is 5.75 Å². The molecule has 0 saturated heterocycles. The Labute approximate surface area is 108 Å². The van der Waals surface area contributed by atoms with Crippen molar-refractivity contribution in [3.63, 3.8) is 0 Å². The fraction of sp³-hybridized carbons (Fsp3) is 0.571. The van der Waals surface area contributed by atoms with E-state index >= 15 is 0 Å². The average Bonchev–Trinajstić information content (AvgIpc) is 2.36. The lowest BCUT2D eigenvalue weighted by Gasteiger charge is -2.29. The molecule has 1 rings (SSSR count). The number of ether oxygens (including phenoxy) is 2. The Morgan fingerprint density at radius 3 is 2.33 bits per heavy atom. The largest absolute Gasteiger partial charge is 0.494 e. The summed E-state index contributed by atoms with van der Waals surface area (Å²) >= 11 is 0. The van der Waals surface area contributed by atoms with Gasteiger partial charge in [0.1, 0.15) is 0 Å². The lowest BCUT2D eigenvalue weighted by Crippen LogP contribution is -2.35. The van der Waals surface area contributed by atoms with Crippen molar-refractivity contribution < 1.29 is 13.9 Å². The fourth-order valence-electron chi connectivity index (χ4n) is 2.22. The van der Waals surface area contributed by atoms with Gasteiger partial charge < -0.3 is 14.8 Å². The van der Waals surface area contributed by atoms with E-state index in [-0.39, 0.29) is 29.6 Å². The van der Waals surface area contributed by atoms with E-state index in [2.05, 4.69) is 19.2 Å². The van der Waals surface area contributed by atoms with Crippen LogP contribution in [0.1, 0.15) is 25.5 Å². The molecule has 0 spiro atoms. The Bertz CT molecular complexity index is 382. The minimum absolute atomic E-state index is 0.100. The number of rotatable bonds is 6. The van der Waals surface area contributed by atoms with Crippen molar-refractivity contribution in [3.8, 4) is 5.75 Å². The zero-order valence-corrected chi connectivity index (χ0v) is 11.7. The normalized spacial score (nSPS) is 14.6. The minimum atomic E-state index is -0.331. The van der Waals surface area contributed by atoms with Gasteiger partial charge in [-0.25, -0.2) is 4.39 Å². The van der Waals surface area contributed by atoms with Crippen LogP contribution >= 0.6 is 0 Å². The molecule has 0 heterocycles. The summed E-state index contributed by atoms with van der Waals surface area (Å²) in [5.41, 5.74) is 0.567. The zero-order valence-electron chi connectivity index (χ0n) is 11.7. The molecule has 0 aliphatic carbocycles. The quantitative estimate of drug-likeness (QED) is 0.848. The van der Waals surface area contributed by atoms with Crippen LogP contribution in [0.25, 0.3) is 0 Å². The highest BCUT2D eigenvalue weighted by molar-refractivity contribution is 5.33. The van der Waals surface area contributed by atoms with Gasteiger partial charge in [0.15, 0.2) is 11.6 Å². The van der Waals surface area contributed by atoms with Crippen molar-refractivity contribution >= 4 is 0 Å². The number of nitrogens with one attached hydrogen (secondary N) is 1. The van der Waals surface area contributed by atoms with E-state index in [9.17, 15) is 4.39 Å². The summed E-state index contributed by atoms with van der Waals surface area (Å²) in [4.78, 5) is 0. The summed E-state index contributed by atoms with van der Waals surface area (Å²) in [6.07, 6.45) is -0.100. The number of methoxy groups -OCH3 is 2. The highest BCUT2D eigenvalue weighted by atomic mass is 19.1. The monoisotopic (exact) mass is 255 g/mol. The average molecular weight is 255 g/mol.